The summed E-state index contributed by atoms with van der Waals surface area (Å²) in [7, 11) is 0. The molecule has 0 aromatic heterocycles. The zero-order valence-electron chi connectivity index (χ0n) is 12.1. The Morgan fingerprint density at radius 3 is 2.50 bits per heavy atom. The lowest BCUT2D eigenvalue weighted by molar-refractivity contribution is 0.216. The third kappa shape index (κ3) is 3.45. The van der Waals surface area contributed by atoms with Crippen LogP contribution in [0.1, 0.15) is 19.4 Å². The first-order valence-corrected chi connectivity index (χ1v) is 7.24. The van der Waals surface area contributed by atoms with Crippen LogP contribution in [0, 0.1) is 6.92 Å². The maximum atomic E-state index is 6.19. The van der Waals surface area contributed by atoms with E-state index in [-0.39, 0.29) is 6.23 Å². The molecule has 20 heavy (non-hydrogen) atoms. The van der Waals surface area contributed by atoms with Crippen LogP contribution in [0.15, 0.2) is 48.5 Å². The van der Waals surface area contributed by atoms with Crippen molar-refractivity contribution in [3.05, 3.63) is 59.1 Å². The molecule has 0 aliphatic rings. The van der Waals surface area contributed by atoms with Crippen molar-refractivity contribution in [2.24, 2.45) is 0 Å². The molecule has 2 rings (SSSR count). The molecule has 2 aromatic rings. The fraction of sp³-hybridized carbons (Fsp3) is 0.294. The molecule has 0 amide bonds. The number of benzene rings is 2. The number of aryl methyl sites for hydroxylation is 1. The Morgan fingerprint density at radius 1 is 1.15 bits per heavy atom. The number of rotatable bonds is 5. The molecule has 1 unspecified atom stereocenters. The van der Waals surface area contributed by atoms with E-state index in [2.05, 4.69) is 24.0 Å². The van der Waals surface area contributed by atoms with E-state index < -0.39 is 0 Å². The Kier molecular flexibility index (Phi) is 4.91. The average Bonchev–Trinajstić information content (AvgIpc) is 2.45. The second-order valence-electron chi connectivity index (χ2n) is 4.77. The lowest BCUT2D eigenvalue weighted by Gasteiger charge is -2.30. The Labute approximate surface area is 125 Å². The Morgan fingerprint density at radius 2 is 1.85 bits per heavy atom. The van der Waals surface area contributed by atoms with E-state index >= 15 is 0 Å². The van der Waals surface area contributed by atoms with Gasteiger partial charge < -0.3 is 9.64 Å². The summed E-state index contributed by atoms with van der Waals surface area (Å²) in [6, 6.07) is 16.1. The van der Waals surface area contributed by atoms with Gasteiger partial charge in [0.05, 0.1) is 5.02 Å². The standard InChI is InChI=1S/C17H20ClNO/c1-4-19(15-8-6-5-7-9-15)14(3)20-17-12-13(2)10-11-16(17)18/h5-12,14H,4H2,1-3H3. The van der Waals surface area contributed by atoms with Crippen LogP contribution >= 0.6 is 11.6 Å². The van der Waals surface area contributed by atoms with E-state index in [0.29, 0.717) is 5.02 Å². The summed E-state index contributed by atoms with van der Waals surface area (Å²) < 4.78 is 6.03. The molecule has 0 heterocycles. The molecule has 0 aliphatic carbocycles. The summed E-state index contributed by atoms with van der Waals surface area (Å²) in [5, 5.41) is 0.645. The first-order chi connectivity index (χ1) is 9.61. The lowest BCUT2D eigenvalue weighted by Crippen LogP contribution is -2.37. The maximum absolute atomic E-state index is 6.19. The van der Waals surface area contributed by atoms with E-state index in [1.54, 1.807) is 0 Å². The van der Waals surface area contributed by atoms with Gasteiger partial charge in [-0.3, -0.25) is 0 Å². The lowest BCUT2D eigenvalue weighted by atomic mass is 10.2. The van der Waals surface area contributed by atoms with Crippen LogP contribution < -0.4 is 9.64 Å². The Balaban J connectivity index is 2.17. The highest BCUT2D eigenvalue weighted by Crippen LogP contribution is 2.27. The summed E-state index contributed by atoms with van der Waals surface area (Å²) in [6.07, 6.45) is -0.0818. The second-order valence-corrected chi connectivity index (χ2v) is 5.18. The SMILES string of the molecule is CCN(c1ccccc1)C(C)Oc1cc(C)ccc1Cl. The highest BCUT2D eigenvalue weighted by molar-refractivity contribution is 6.32. The van der Waals surface area contributed by atoms with Gasteiger partial charge in [0.25, 0.3) is 0 Å². The molecule has 0 aliphatic heterocycles. The van der Waals surface area contributed by atoms with Crippen molar-refractivity contribution in [2.45, 2.75) is 27.0 Å². The zero-order valence-corrected chi connectivity index (χ0v) is 12.9. The molecule has 0 saturated heterocycles. The Bertz CT molecular complexity index is 556. The highest BCUT2D eigenvalue weighted by atomic mass is 35.5. The number of halogens is 1. The van der Waals surface area contributed by atoms with Crippen molar-refractivity contribution in [1.82, 2.24) is 0 Å². The van der Waals surface area contributed by atoms with Gasteiger partial charge in [0.15, 0.2) is 6.23 Å². The van der Waals surface area contributed by atoms with Crippen LogP contribution in [0.2, 0.25) is 5.02 Å². The highest BCUT2D eigenvalue weighted by Gasteiger charge is 2.15. The van der Waals surface area contributed by atoms with Gasteiger partial charge >= 0.3 is 0 Å². The van der Waals surface area contributed by atoms with Crippen LogP contribution in [-0.4, -0.2) is 12.8 Å². The topological polar surface area (TPSA) is 12.5 Å². The Hall–Kier alpha value is -1.67. The normalized spacial score (nSPS) is 12.0. The summed E-state index contributed by atoms with van der Waals surface area (Å²) in [5.41, 5.74) is 2.28. The largest absolute Gasteiger partial charge is 0.469 e. The van der Waals surface area contributed by atoms with E-state index in [1.165, 1.54) is 0 Å². The average molecular weight is 290 g/mol. The van der Waals surface area contributed by atoms with E-state index in [4.69, 9.17) is 16.3 Å². The summed E-state index contributed by atoms with van der Waals surface area (Å²) in [5.74, 6) is 0.730. The summed E-state index contributed by atoms with van der Waals surface area (Å²) in [4.78, 5) is 2.19. The minimum absolute atomic E-state index is 0.0818. The first-order valence-electron chi connectivity index (χ1n) is 6.86. The van der Waals surface area contributed by atoms with Crippen LogP contribution in [0.4, 0.5) is 5.69 Å². The van der Waals surface area contributed by atoms with Gasteiger partial charge in [-0.15, -0.1) is 0 Å². The zero-order chi connectivity index (χ0) is 14.5. The molecular weight excluding hydrogens is 270 g/mol. The molecule has 3 heteroatoms. The summed E-state index contributed by atoms with van der Waals surface area (Å²) in [6.45, 7) is 7.05. The molecule has 0 fully saturated rings. The maximum Gasteiger partial charge on any atom is 0.169 e. The molecule has 2 aromatic carbocycles. The van der Waals surface area contributed by atoms with E-state index in [0.717, 1.165) is 23.5 Å². The molecule has 0 bridgehead atoms. The molecule has 0 spiro atoms. The summed E-state index contributed by atoms with van der Waals surface area (Å²) >= 11 is 6.19. The van der Waals surface area contributed by atoms with Gasteiger partial charge in [0, 0.05) is 12.2 Å². The predicted octanol–water partition coefficient (Wildman–Crippen LogP) is 4.90. The number of nitrogens with zero attached hydrogens (tertiary/aromatic N) is 1. The van der Waals surface area contributed by atoms with Gasteiger partial charge in [0.1, 0.15) is 5.75 Å². The number of hydrogen-bond donors (Lipinski definition) is 0. The molecule has 1 atom stereocenters. The fourth-order valence-corrected chi connectivity index (χ4v) is 2.38. The first kappa shape index (κ1) is 14.7. The number of hydrogen-bond acceptors (Lipinski definition) is 2. The molecule has 2 nitrogen and oxygen atoms in total. The van der Waals surface area contributed by atoms with Crippen LogP contribution in [0.5, 0.6) is 5.75 Å². The molecule has 0 radical (unpaired) electrons. The minimum atomic E-state index is -0.0818. The van der Waals surface area contributed by atoms with Crippen molar-refractivity contribution in [2.75, 3.05) is 11.4 Å². The van der Waals surface area contributed by atoms with Crippen LogP contribution in [0.3, 0.4) is 0 Å². The number of ether oxygens (including phenoxy) is 1. The van der Waals surface area contributed by atoms with Gasteiger partial charge in [-0.25, -0.2) is 0 Å². The van der Waals surface area contributed by atoms with Crippen molar-refractivity contribution < 1.29 is 4.74 Å². The third-order valence-corrected chi connectivity index (χ3v) is 3.56. The minimum Gasteiger partial charge on any atom is -0.469 e. The van der Waals surface area contributed by atoms with Gasteiger partial charge in [-0.1, -0.05) is 35.9 Å². The van der Waals surface area contributed by atoms with Gasteiger partial charge in [-0.2, -0.15) is 0 Å². The molecular formula is C17H20ClNO. The molecule has 0 saturated carbocycles. The second kappa shape index (κ2) is 6.67. The number of para-hydroxylation sites is 1. The van der Waals surface area contributed by atoms with Crippen LogP contribution in [0.25, 0.3) is 0 Å². The quantitative estimate of drug-likeness (QED) is 0.726. The van der Waals surface area contributed by atoms with Crippen molar-refractivity contribution in [3.63, 3.8) is 0 Å². The van der Waals surface area contributed by atoms with Gasteiger partial charge in [0.2, 0.25) is 0 Å². The predicted molar refractivity (Wildman–Crippen MR) is 85.7 cm³/mol. The monoisotopic (exact) mass is 289 g/mol. The third-order valence-electron chi connectivity index (χ3n) is 3.25. The molecule has 0 N–H and O–H groups in total. The smallest absolute Gasteiger partial charge is 0.169 e. The van der Waals surface area contributed by atoms with Crippen molar-refractivity contribution in [1.29, 1.82) is 0 Å². The number of anilines is 1. The van der Waals surface area contributed by atoms with Crippen LogP contribution in [-0.2, 0) is 0 Å². The van der Waals surface area contributed by atoms with Crippen molar-refractivity contribution >= 4 is 17.3 Å². The fourth-order valence-electron chi connectivity index (χ4n) is 2.22. The van der Waals surface area contributed by atoms with Gasteiger partial charge in [-0.05, 0) is 50.6 Å². The van der Waals surface area contributed by atoms with Crippen molar-refractivity contribution in [3.8, 4) is 5.75 Å². The molecule has 106 valence electrons. The van der Waals surface area contributed by atoms with E-state index in [1.807, 2.05) is 50.2 Å². The van der Waals surface area contributed by atoms with E-state index in [9.17, 15) is 0 Å².